The number of nitrogens with zero attached hydrogens (tertiary/aromatic N) is 2. The minimum absolute atomic E-state index is 0.00962. The number of primary amides is 1. The molecule has 1 aliphatic heterocycles. The fourth-order valence-corrected chi connectivity index (χ4v) is 4.44. The summed E-state index contributed by atoms with van der Waals surface area (Å²) in [6, 6.07) is 9.58. The van der Waals surface area contributed by atoms with Crippen molar-refractivity contribution in [2.24, 2.45) is 11.7 Å². The van der Waals surface area contributed by atoms with Crippen molar-refractivity contribution in [2.45, 2.75) is 24.7 Å². The molecule has 154 valence electrons. The smallest absolute Gasteiger partial charge is 0.257 e. The number of rotatable bonds is 6. The highest BCUT2D eigenvalue weighted by molar-refractivity contribution is 7.91. The van der Waals surface area contributed by atoms with Crippen molar-refractivity contribution in [1.82, 2.24) is 4.98 Å². The Kier molecular flexibility index (Phi) is 6.17. The summed E-state index contributed by atoms with van der Waals surface area (Å²) in [4.78, 5) is 30.5. The number of aromatic nitrogens is 1. The summed E-state index contributed by atoms with van der Waals surface area (Å²) >= 11 is 0. The van der Waals surface area contributed by atoms with Crippen LogP contribution in [0, 0.1) is 5.92 Å². The Morgan fingerprint density at radius 2 is 2.00 bits per heavy atom. The van der Waals surface area contributed by atoms with E-state index in [1.54, 1.807) is 24.3 Å². The van der Waals surface area contributed by atoms with Crippen LogP contribution in [0.1, 0.15) is 30.1 Å². The van der Waals surface area contributed by atoms with Crippen LogP contribution in [0.15, 0.2) is 47.5 Å². The van der Waals surface area contributed by atoms with Crippen molar-refractivity contribution in [2.75, 3.05) is 29.1 Å². The van der Waals surface area contributed by atoms with Crippen LogP contribution in [-0.4, -0.2) is 44.1 Å². The van der Waals surface area contributed by atoms with Crippen LogP contribution >= 0.6 is 0 Å². The lowest BCUT2D eigenvalue weighted by molar-refractivity contribution is -0.122. The van der Waals surface area contributed by atoms with Crippen LogP contribution in [0.4, 0.5) is 11.5 Å². The number of hydrogen-bond donors (Lipinski definition) is 2. The van der Waals surface area contributed by atoms with Gasteiger partial charge in [-0.25, -0.2) is 13.4 Å². The normalized spacial score (nSPS) is 17.0. The number of piperidine rings is 1. The number of amides is 2. The van der Waals surface area contributed by atoms with Gasteiger partial charge in [0.2, 0.25) is 5.91 Å². The summed E-state index contributed by atoms with van der Waals surface area (Å²) in [5, 5.41) is 2.69. The van der Waals surface area contributed by atoms with Crippen LogP contribution in [0.25, 0.3) is 0 Å². The molecule has 1 aliphatic rings. The number of anilines is 2. The van der Waals surface area contributed by atoms with Gasteiger partial charge in [-0.2, -0.15) is 0 Å². The highest BCUT2D eigenvalue weighted by atomic mass is 32.2. The average molecular weight is 417 g/mol. The van der Waals surface area contributed by atoms with Gasteiger partial charge in [0.05, 0.1) is 34.0 Å². The predicted octanol–water partition coefficient (Wildman–Crippen LogP) is 1.83. The number of pyridine rings is 1. The van der Waals surface area contributed by atoms with Gasteiger partial charge in [-0.3, -0.25) is 9.59 Å². The van der Waals surface area contributed by atoms with Crippen LogP contribution < -0.4 is 16.0 Å². The molecule has 2 aromatic rings. The molecule has 2 amide bonds. The minimum Gasteiger partial charge on any atom is -0.369 e. The molecule has 0 radical (unpaired) electrons. The molecule has 0 aliphatic carbocycles. The second kappa shape index (κ2) is 8.60. The second-order valence-corrected chi connectivity index (χ2v) is 9.19. The van der Waals surface area contributed by atoms with E-state index in [-0.39, 0.29) is 28.0 Å². The molecule has 8 nitrogen and oxygen atoms in total. The monoisotopic (exact) mass is 416 g/mol. The molecule has 0 bridgehead atoms. The van der Waals surface area contributed by atoms with Crippen molar-refractivity contribution < 1.29 is 18.0 Å². The van der Waals surface area contributed by atoms with Crippen molar-refractivity contribution in [3.05, 3.63) is 48.2 Å². The summed E-state index contributed by atoms with van der Waals surface area (Å²) in [6.07, 6.45) is 3.15. The van der Waals surface area contributed by atoms with Crippen molar-refractivity contribution >= 4 is 33.2 Å². The molecule has 3 rings (SSSR count). The molecule has 1 fully saturated rings. The molecular weight excluding hydrogens is 392 g/mol. The van der Waals surface area contributed by atoms with E-state index >= 15 is 0 Å². The van der Waals surface area contributed by atoms with Gasteiger partial charge < -0.3 is 16.0 Å². The molecule has 2 heterocycles. The molecule has 1 aromatic carbocycles. The highest BCUT2D eigenvalue weighted by Crippen LogP contribution is 2.23. The van der Waals surface area contributed by atoms with E-state index in [0.717, 1.165) is 19.4 Å². The molecular formula is C20H24N4O4S. The Morgan fingerprint density at radius 1 is 1.24 bits per heavy atom. The van der Waals surface area contributed by atoms with E-state index in [1.807, 2.05) is 4.90 Å². The molecule has 0 spiro atoms. The summed E-state index contributed by atoms with van der Waals surface area (Å²) < 4.78 is 24.5. The number of carbonyl (C=O) groups excluding carboxylic acids is 2. The number of nitrogens with two attached hydrogens (primary N) is 1. The Balaban J connectivity index is 1.74. The van der Waals surface area contributed by atoms with E-state index in [0.29, 0.717) is 18.1 Å². The Morgan fingerprint density at radius 3 is 2.66 bits per heavy atom. The highest BCUT2D eigenvalue weighted by Gasteiger charge is 2.25. The zero-order chi connectivity index (χ0) is 21.0. The first-order chi connectivity index (χ1) is 13.8. The number of nitrogens with one attached hydrogen (secondary N) is 1. The van der Waals surface area contributed by atoms with Gasteiger partial charge in [0.15, 0.2) is 9.84 Å². The summed E-state index contributed by atoms with van der Waals surface area (Å²) in [5.41, 5.74) is 5.96. The summed E-state index contributed by atoms with van der Waals surface area (Å²) in [5.74, 6) is -0.404. The van der Waals surface area contributed by atoms with Gasteiger partial charge in [0.1, 0.15) is 5.82 Å². The van der Waals surface area contributed by atoms with E-state index in [1.165, 1.54) is 25.3 Å². The van der Waals surface area contributed by atoms with Crippen molar-refractivity contribution in [1.29, 1.82) is 0 Å². The molecule has 1 unspecified atom stereocenters. The summed E-state index contributed by atoms with van der Waals surface area (Å²) in [6.45, 7) is 2.84. The maximum atomic E-state index is 12.6. The summed E-state index contributed by atoms with van der Waals surface area (Å²) in [7, 11) is -3.52. The molecule has 0 saturated carbocycles. The van der Waals surface area contributed by atoms with Crippen LogP contribution in [0.2, 0.25) is 0 Å². The Bertz CT molecular complexity index is 1010. The average Bonchev–Trinajstić information content (AvgIpc) is 2.74. The SMILES string of the molecule is CCS(=O)(=O)c1ccccc1C(=O)Nc1ccc(N2CCCC(C(N)=O)C2)nc1. The first-order valence-electron chi connectivity index (χ1n) is 9.45. The van der Waals surface area contributed by atoms with Crippen LogP contribution in [-0.2, 0) is 14.6 Å². The third kappa shape index (κ3) is 4.73. The Hall–Kier alpha value is -2.94. The van der Waals surface area contributed by atoms with E-state index in [9.17, 15) is 18.0 Å². The predicted molar refractivity (Wildman–Crippen MR) is 110 cm³/mol. The van der Waals surface area contributed by atoms with Gasteiger partial charge in [-0.05, 0) is 37.1 Å². The lowest BCUT2D eigenvalue weighted by Crippen LogP contribution is -2.41. The number of hydrogen-bond acceptors (Lipinski definition) is 6. The molecule has 1 saturated heterocycles. The standard InChI is InChI=1S/C20H24N4O4S/c1-2-29(27,28)17-8-4-3-7-16(17)20(26)23-15-9-10-18(22-12-15)24-11-5-6-14(13-24)19(21)25/h3-4,7-10,12,14H,2,5-6,11,13H2,1H3,(H2,21,25)(H,23,26). The van der Waals surface area contributed by atoms with Crippen molar-refractivity contribution in [3.63, 3.8) is 0 Å². The Labute approximate surface area is 170 Å². The van der Waals surface area contributed by atoms with Gasteiger partial charge >= 0.3 is 0 Å². The zero-order valence-corrected chi connectivity index (χ0v) is 17.0. The van der Waals surface area contributed by atoms with Gasteiger partial charge in [0.25, 0.3) is 5.91 Å². The third-order valence-corrected chi connectivity index (χ3v) is 6.79. The molecule has 1 aromatic heterocycles. The maximum absolute atomic E-state index is 12.6. The topological polar surface area (TPSA) is 122 Å². The lowest BCUT2D eigenvalue weighted by atomic mass is 9.97. The third-order valence-electron chi connectivity index (χ3n) is 5.00. The van der Waals surface area contributed by atoms with E-state index in [4.69, 9.17) is 5.73 Å². The second-order valence-electron chi connectivity index (χ2n) is 6.95. The lowest BCUT2D eigenvalue weighted by Gasteiger charge is -2.32. The fraction of sp³-hybridized carbons (Fsp3) is 0.350. The van der Waals surface area contributed by atoms with Crippen molar-refractivity contribution in [3.8, 4) is 0 Å². The van der Waals surface area contributed by atoms with E-state index < -0.39 is 15.7 Å². The van der Waals surface area contributed by atoms with Gasteiger partial charge in [0, 0.05) is 13.1 Å². The molecule has 1 atom stereocenters. The number of carbonyl (C=O) groups is 2. The first-order valence-corrected chi connectivity index (χ1v) is 11.1. The minimum atomic E-state index is -3.52. The maximum Gasteiger partial charge on any atom is 0.257 e. The quantitative estimate of drug-likeness (QED) is 0.741. The largest absolute Gasteiger partial charge is 0.369 e. The zero-order valence-electron chi connectivity index (χ0n) is 16.2. The van der Waals surface area contributed by atoms with E-state index in [2.05, 4.69) is 10.3 Å². The van der Waals surface area contributed by atoms with Gasteiger partial charge in [-0.1, -0.05) is 19.1 Å². The molecule has 3 N–H and O–H groups in total. The molecule has 29 heavy (non-hydrogen) atoms. The first kappa shape index (κ1) is 20.8. The molecule has 9 heteroatoms. The fourth-order valence-electron chi connectivity index (χ4n) is 3.34. The van der Waals surface area contributed by atoms with Crippen LogP contribution in [0.3, 0.4) is 0 Å². The van der Waals surface area contributed by atoms with Gasteiger partial charge in [-0.15, -0.1) is 0 Å². The number of benzene rings is 1. The van der Waals surface area contributed by atoms with Crippen LogP contribution in [0.5, 0.6) is 0 Å². The number of sulfone groups is 1.